The van der Waals surface area contributed by atoms with Crippen LogP contribution in [0.3, 0.4) is 0 Å². The van der Waals surface area contributed by atoms with E-state index in [1.165, 1.54) is 16.4 Å². The summed E-state index contributed by atoms with van der Waals surface area (Å²) in [6.07, 6.45) is 0.241. The van der Waals surface area contributed by atoms with E-state index in [0.717, 1.165) is 16.2 Å². The lowest BCUT2D eigenvalue weighted by Crippen LogP contribution is -2.47. The van der Waals surface area contributed by atoms with Crippen LogP contribution in [0.1, 0.15) is 18.0 Å². The average molecular weight is 466 g/mol. The van der Waals surface area contributed by atoms with Crippen molar-refractivity contribution in [2.45, 2.75) is 35.0 Å². The summed E-state index contributed by atoms with van der Waals surface area (Å²) in [6.45, 7) is -0.359. The van der Waals surface area contributed by atoms with Crippen molar-refractivity contribution in [3.63, 3.8) is 0 Å². The van der Waals surface area contributed by atoms with Crippen LogP contribution in [0, 0.1) is 11.3 Å². The van der Waals surface area contributed by atoms with Crippen molar-refractivity contribution < 1.29 is 14.9 Å². The number of thioether (sulfide) groups is 1. The molecule has 0 bridgehead atoms. The minimum atomic E-state index is -0.993. The number of halogens is 1. The third-order valence-corrected chi connectivity index (χ3v) is 6.77. The Balaban J connectivity index is 1.56. The zero-order valence-corrected chi connectivity index (χ0v) is 17.7. The molecular weight excluding hydrogens is 450 g/mol. The molecule has 1 aliphatic heterocycles. The smallest absolute Gasteiger partial charge is 0.304 e. The van der Waals surface area contributed by atoms with Crippen LogP contribution in [0.4, 0.5) is 0 Å². The van der Waals surface area contributed by atoms with E-state index in [-0.39, 0.29) is 11.5 Å². The highest BCUT2D eigenvalue weighted by Crippen LogP contribution is 2.38. The van der Waals surface area contributed by atoms with Gasteiger partial charge >= 0.3 is 4.87 Å². The summed E-state index contributed by atoms with van der Waals surface area (Å²) >= 11 is 8.52. The number of ether oxygens (including phenoxy) is 1. The van der Waals surface area contributed by atoms with Gasteiger partial charge in [0.25, 0.3) is 0 Å². The van der Waals surface area contributed by atoms with Gasteiger partial charge in [-0.15, -0.1) is 5.10 Å². The zero-order chi connectivity index (χ0) is 21.3. The Labute approximate surface area is 183 Å². The maximum Gasteiger partial charge on any atom is 0.304 e. The Morgan fingerprint density at radius 3 is 3.00 bits per heavy atom. The largest absolute Gasteiger partial charge is 0.394 e. The molecule has 2 aromatic heterocycles. The van der Waals surface area contributed by atoms with E-state index in [1.807, 2.05) is 6.07 Å². The molecule has 3 heterocycles. The van der Waals surface area contributed by atoms with E-state index in [1.54, 1.807) is 29.8 Å². The number of aromatic nitrogens is 4. The summed E-state index contributed by atoms with van der Waals surface area (Å²) in [7, 11) is 0. The molecule has 156 valence electrons. The lowest BCUT2D eigenvalue weighted by Gasteiger charge is -2.38. The maximum absolute atomic E-state index is 11.4. The molecule has 1 aliphatic rings. The van der Waals surface area contributed by atoms with Crippen LogP contribution < -0.4 is 4.87 Å². The predicted molar refractivity (Wildman–Crippen MR) is 111 cm³/mol. The molecule has 12 heteroatoms. The third kappa shape index (κ3) is 4.29. The van der Waals surface area contributed by atoms with Gasteiger partial charge in [0.1, 0.15) is 29.4 Å². The molecule has 2 unspecified atom stereocenters. The second-order valence-electron chi connectivity index (χ2n) is 6.60. The number of nitrogens with one attached hydrogen (secondary N) is 1. The van der Waals surface area contributed by atoms with Gasteiger partial charge < -0.3 is 19.9 Å². The fourth-order valence-corrected chi connectivity index (χ4v) is 5.18. The van der Waals surface area contributed by atoms with Gasteiger partial charge in [0.05, 0.1) is 35.1 Å². The topological polar surface area (TPSA) is 137 Å². The van der Waals surface area contributed by atoms with E-state index in [9.17, 15) is 15.0 Å². The first kappa shape index (κ1) is 21.0. The number of nitrogens with zero attached hydrogens (tertiary/aromatic N) is 4. The van der Waals surface area contributed by atoms with Crippen LogP contribution in [-0.4, -0.2) is 54.4 Å². The molecule has 9 nitrogen and oxygen atoms in total. The van der Waals surface area contributed by atoms with Crippen LogP contribution in [0.2, 0.25) is 5.02 Å². The minimum absolute atomic E-state index is 0.191. The summed E-state index contributed by atoms with van der Waals surface area (Å²) in [4.78, 5) is 14.7. The number of nitriles is 1. The molecule has 1 aromatic carbocycles. The minimum Gasteiger partial charge on any atom is -0.394 e. The van der Waals surface area contributed by atoms with Crippen molar-refractivity contribution in [3.05, 3.63) is 50.0 Å². The maximum atomic E-state index is 11.4. The number of rotatable bonds is 5. The predicted octanol–water partition coefficient (Wildman–Crippen LogP) is 2.02. The fraction of sp³-hybridized carbons (Fsp3) is 0.333. The van der Waals surface area contributed by atoms with Gasteiger partial charge in [-0.25, -0.2) is 4.68 Å². The molecule has 0 amide bonds. The Morgan fingerprint density at radius 2 is 2.33 bits per heavy atom. The first-order valence-corrected chi connectivity index (χ1v) is 11.0. The van der Waals surface area contributed by atoms with Gasteiger partial charge in [0.15, 0.2) is 0 Å². The standard InChI is InChI=1S/C18H16ClN5O4S2/c19-11-3-10(2-1-9(11)5-20)30-16-4-14(17(26)15(7-25)28-16)24-6-12(22-23-24)13-8-29-18(27)21-13/h1-3,6,8,14-17,25-26H,4,7H2,(H,21,27)/t14-,15?,16-,17?/m1/s1. The Hall–Kier alpha value is -2.20. The number of thiazole rings is 1. The monoisotopic (exact) mass is 465 g/mol. The number of aliphatic hydroxyl groups is 2. The van der Waals surface area contributed by atoms with Gasteiger partial charge in [-0.3, -0.25) is 4.79 Å². The SMILES string of the molecule is N#Cc1ccc(S[C@@H]2C[C@@H](n3cc(-c4csc(=O)[nH]4)nn3)C(O)C(CO)O2)cc1Cl. The summed E-state index contributed by atoms with van der Waals surface area (Å²) in [5.74, 6) is 0. The lowest BCUT2D eigenvalue weighted by molar-refractivity contribution is -0.130. The quantitative estimate of drug-likeness (QED) is 0.520. The van der Waals surface area contributed by atoms with Crippen LogP contribution in [0.25, 0.3) is 11.4 Å². The highest BCUT2D eigenvalue weighted by molar-refractivity contribution is 7.99. The van der Waals surface area contributed by atoms with Crippen LogP contribution >= 0.6 is 34.7 Å². The first-order chi connectivity index (χ1) is 14.5. The van der Waals surface area contributed by atoms with Crippen molar-refractivity contribution in [2.75, 3.05) is 6.61 Å². The number of H-pyrrole nitrogens is 1. The molecule has 0 aliphatic carbocycles. The van der Waals surface area contributed by atoms with Gasteiger partial charge in [-0.2, -0.15) is 5.26 Å². The third-order valence-electron chi connectivity index (χ3n) is 4.69. The number of benzene rings is 1. The Morgan fingerprint density at radius 1 is 1.50 bits per heavy atom. The second-order valence-corrected chi connectivity index (χ2v) is 9.08. The Kier molecular flexibility index (Phi) is 6.24. The van der Waals surface area contributed by atoms with Crippen molar-refractivity contribution in [2.24, 2.45) is 0 Å². The summed E-state index contributed by atoms with van der Waals surface area (Å²) in [6, 6.07) is 6.61. The number of aromatic amines is 1. The fourth-order valence-electron chi connectivity index (χ4n) is 3.19. The summed E-state index contributed by atoms with van der Waals surface area (Å²) < 4.78 is 7.37. The summed E-state index contributed by atoms with van der Waals surface area (Å²) in [5.41, 5.74) is 1.02. The first-order valence-electron chi connectivity index (χ1n) is 8.89. The molecule has 3 N–H and O–H groups in total. The molecule has 1 fully saturated rings. The Bertz CT molecular complexity index is 1140. The number of aliphatic hydroxyl groups excluding tert-OH is 2. The normalized spacial score (nSPS) is 23.9. The van der Waals surface area contributed by atoms with E-state index in [0.29, 0.717) is 28.4 Å². The van der Waals surface area contributed by atoms with Crippen LogP contribution in [-0.2, 0) is 4.74 Å². The van der Waals surface area contributed by atoms with Crippen LogP contribution in [0.15, 0.2) is 39.5 Å². The van der Waals surface area contributed by atoms with Crippen LogP contribution in [0.5, 0.6) is 0 Å². The molecule has 4 atom stereocenters. The van der Waals surface area contributed by atoms with Crippen molar-refractivity contribution in [1.29, 1.82) is 5.26 Å². The van der Waals surface area contributed by atoms with E-state index in [2.05, 4.69) is 15.3 Å². The van der Waals surface area contributed by atoms with Gasteiger partial charge in [-0.1, -0.05) is 39.9 Å². The van der Waals surface area contributed by atoms with Gasteiger partial charge in [0.2, 0.25) is 0 Å². The molecule has 0 saturated carbocycles. The molecule has 0 spiro atoms. The van der Waals surface area contributed by atoms with Crippen molar-refractivity contribution in [1.82, 2.24) is 20.0 Å². The van der Waals surface area contributed by atoms with Crippen molar-refractivity contribution >= 4 is 34.7 Å². The molecule has 30 heavy (non-hydrogen) atoms. The van der Waals surface area contributed by atoms with E-state index in [4.69, 9.17) is 21.6 Å². The highest BCUT2D eigenvalue weighted by atomic mass is 35.5. The van der Waals surface area contributed by atoms with E-state index >= 15 is 0 Å². The van der Waals surface area contributed by atoms with Crippen molar-refractivity contribution in [3.8, 4) is 17.5 Å². The van der Waals surface area contributed by atoms with E-state index < -0.39 is 23.7 Å². The van der Waals surface area contributed by atoms with Gasteiger partial charge in [0, 0.05) is 16.7 Å². The second kappa shape index (κ2) is 8.89. The molecule has 3 aromatic rings. The molecular formula is C18H16ClN5O4S2. The molecule has 1 saturated heterocycles. The molecule has 4 rings (SSSR count). The lowest BCUT2D eigenvalue weighted by atomic mass is 10.00. The van der Waals surface area contributed by atoms with Gasteiger partial charge in [-0.05, 0) is 18.2 Å². The summed E-state index contributed by atoms with van der Waals surface area (Å²) in [5, 5.41) is 39.5. The number of hydrogen-bond donors (Lipinski definition) is 3. The highest BCUT2D eigenvalue weighted by Gasteiger charge is 2.39. The number of hydrogen-bond acceptors (Lipinski definition) is 9. The average Bonchev–Trinajstić information content (AvgIpc) is 3.38. The molecule has 0 radical (unpaired) electrons. The zero-order valence-electron chi connectivity index (χ0n) is 15.3.